The lowest BCUT2D eigenvalue weighted by Crippen LogP contribution is -2.50. The van der Waals surface area contributed by atoms with E-state index in [0.717, 1.165) is 31.2 Å². The number of carbonyl (C=O) groups is 1. The Bertz CT molecular complexity index is 832. The second-order valence-electron chi connectivity index (χ2n) is 6.86. The molecule has 0 aliphatic heterocycles. The van der Waals surface area contributed by atoms with E-state index in [1.807, 2.05) is 0 Å². The first kappa shape index (κ1) is 22.8. The van der Waals surface area contributed by atoms with Crippen molar-refractivity contribution < 1.29 is 31.5 Å². The van der Waals surface area contributed by atoms with Gasteiger partial charge in [-0.15, -0.1) is 0 Å². The Morgan fingerprint density at radius 1 is 1.29 bits per heavy atom. The highest BCUT2D eigenvalue weighted by atomic mass is 35.5. The van der Waals surface area contributed by atoms with E-state index in [1.165, 1.54) is 11.9 Å². The first-order chi connectivity index (χ1) is 12.8. The Balaban J connectivity index is 2.32. The van der Waals surface area contributed by atoms with Crippen LogP contribution in [0.4, 0.5) is 18.9 Å². The van der Waals surface area contributed by atoms with Crippen molar-refractivity contribution in [3.8, 4) is 0 Å². The number of anilines is 1. The van der Waals surface area contributed by atoms with E-state index in [2.05, 4.69) is 0 Å². The fourth-order valence-corrected chi connectivity index (χ4v) is 4.31. The van der Waals surface area contributed by atoms with Gasteiger partial charge in [0.2, 0.25) is 15.9 Å². The van der Waals surface area contributed by atoms with E-state index in [9.17, 15) is 31.5 Å². The number of hydrogen-bond donors (Lipinski definition) is 1. The molecular formula is C17H22ClF3N2O4S. The molecule has 0 saturated heterocycles. The Morgan fingerprint density at radius 2 is 1.89 bits per heavy atom. The van der Waals surface area contributed by atoms with E-state index >= 15 is 0 Å². The molecule has 0 spiro atoms. The molecule has 1 amide bonds. The van der Waals surface area contributed by atoms with Gasteiger partial charge in [0.25, 0.3) is 0 Å². The smallest absolute Gasteiger partial charge is 0.391 e. The fourth-order valence-electron chi connectivity index (χ4n) is 3.25. The molecule has 1 aliphatic carbocycles. The molecule has 1 saturated carbocycles. The average Bonchev–Trinajstić information content (AvgIpc) is 2.58. The van der Waals surface area contributed by atoms with Crippen molar-refractivity contribution in [2.24, 2.45) is 0 Å². The van der Waals surface area contributed by atoms with E-state index in [-0.39, 0.29) is 5.69 Å². The molecule has 28 heavy (non-hydrogen) atoms. The molecule has 1 N–H and O–H groups in total. The molecule has 0 bridgehead atoms. The van der Waals surface area contributed by atoms with Crippen LogP contribution in [0.2, 0.25) is 5.02 Å². The largest absolute Gasteiger partial charge is 0.417 e. The number of nitrogens with zero attached hydrogens (tertiary/aromatic N) is 2. The highest BCUT2D eigenvalue weighted by Gasteiger charge is 2.35. The van der Waals surface area contributed by atoms with Crippen LogP contribution in [-0.4, -0.2) is 56.3 Å². The molecule has 0 heterocycles. The van der Waals surface area contributed by atoms with Crippen LogP contribution >= 0.6 is 11.6 Å². The summed E-state index contributed by atoms with van der Waals surface area (Å²) in [5, 5.41) is 9.52. The van der Waals surface area contributed by atoms with Crippen molar-refractivity contribution in [2.75, 3.05) is 24.2 Å². The maximum Gasteiger partial charge on any atom is 0.417 e. The van der Waals surface area contributed by atoms with Crippen LogP contribution in [0, 0.1) is 0 Å². The average molecular weight is 443 g/mol. The number of amides is 1. The van der Waals surface area contributed by atoms with Gasteiger partial charge in [0.05, 0.1) is 34.7 Å². The van der Waals surface area contributed by atoms with Crippen LogP contribution in [-0.2, 0) is 21.0 Å². The van der Waals surface area contributed by atoms with Crippen LogP contribution in [0.5, 0.6) is 0 Å². The molecule has 1 fully saturated rings. The summed E-state index contributed by atoms with van der Waals surface area (Å²) < 4.78 is 64.3. The lowest BCUT2D eigenvalue weighted by atomic mass is 9.91. The number of hydrogen-bond acceptors (Lipinski definition) is 4. The van der Waals surface area contributed by atoms with Crippen LogP contribution < -0.4 is 4.31 Å². The summed E-state index contributed by atoms with van der Waals surface area (Å²) in [5.41, 5.74) is -1.51. The van der Waals surface area contributed by atoms with Crippen molar-refractivity contribution in [3.05, 3.63) is 28.8 Å². The van der Waals surface area contributed by atoms with Gasteiger partial charge >= 0.3 is 6.18 Å². The zero-order valence-electron chi connectivity index (χ0n) is 15.4. The molecule has 11 heteroatoms. The van der Waals surface area contributed by atoms with Crippen molar-refractivity contribution in [1.82, 2.24) is 4.90 Å². The number of halogens is 4. The summed E-state index contributed by atoms with van der Waals surface area (Å²) in [6.45, 7) is -0.683. The summed E-state index contributed by atoms with van der Waals surface area (Å²) in [6.07, 6.45) is -1.93. The highest BCUT2D eigenvalue weighted by Crippen LogP contribution is 2.37. The lowest BCUT2D eigenvalue weighted by Gasteiger charge is -2.36. The number of rotatable bonds is 5. The van der Waals surface area contributed by atoms with Gasteiger partial charge in [0.1, 0.15) is 6.54 Å². The minimum absolute atomic E-state index is 0.315. The molecule has 0 aromatic heterocycles. The van der Waals surface area contributed by atoms with E-state index in [1.54, 1.807) is 0 Å². The first-order valence-electron chi connectivity index (χ1n) is 8.60. The van der Waals surface area contributed by atoms with Crippen LogP contribution in [0.15, 0.2) is 18.2 Å². The molecule has 1 aliphatic rings. The van der Waals surface area contributed by atoms with Gasteiger partial charge in [-0.3, -0.25) is 9.10 Å². The number of carbonyl (C=O) groups excluding carboxylic acids is 1. The summed E-state index contributed by atoms with van der Waals surface area (Å²) in [7, 11) is -2.60. The van der Waals surface area contributed by atoms with Crippen molar-refractivity contribution >= 4 is 33.2 Å². The number of sulfonamides is 1. The number of likely N-dealkylation sites (N-methyl/N-ethyl adjacent to an activating group) is 1. The normalized spacial score (nSPS) is 20.7. The van der Waals surface area contributed by atoms with Crippen molar-refractivity contribution in [1.29, 1.82) is 0 Å². The third-order valence-electron chi connectivity index (χ3n) is 4.81. The third kappa shape index (κ3) is 5.30. The topological polar surface area (TPSA) is 77.9 Å². The van der Waals surface area contributed by atoms with Crippen LogP contribution in [0.1, 0.15) is 31.2 Å². The van der Waals surface area contributed by atoms with E-state index in [4.69, 9.17) is 11.6 Å². The van der Waals surface area contributed by atoms with Gasteiger partial charge in [0, 0.05) is 7.05 Å². The molecule has 0 radical (unpaired) electrons. The van der Waals surface area contributed by atoms with Gasteiger partial charge in [-0.2, -0.15) is 13.2 Å². The number of aliphatic hydroxyl groups excluding tert-OH is 1. The quantitative estimate of drug-likeness (QED) is 0.760. The fraction of sp³-hybridized carbons (Fsp3) is 0.588. The zero-order valence-corrected chi connectivity index (χ0v) is 17.0. The Hall–Kier alpha value is -1.52. The molecule has 2 rings (SSSR count). The minimum atomic E-state index is -4.77. The predicted molar refractivity (Wildman–Crippen MR) is 99.7 cm³/mol. The SMILES string of the molecule is CN(C(=O)CN(c1ccc(Cl)c(C(F)(F)F)c1)S(C)(=O)=O)C1CCCCC1O. The minimum Gasteiger partial charge on any atom is -0.391 e. The van der Waals surface area contributed by atoms with Gasteiger partial charge in [-0.25, -0.2) is 8.42 Å². The summed E-state index contributed by atoms with van der Waals surface area (Å²) in [4.78, 5) is 13.9. The molecule has 6 nitrogen and oxygen atoms in total. The molecule has 1 aromatic carbocycles. The van der Waals surface area contributed by atoms with E-state index in [0.29, 0.717) is 23.2 Å². The second-order valence-corrected chi connectivity index (χ2v) is 9.17. The Kier molecular flexibility index (Phi) is 6.88. The second kappa shape index (κ2) is 8.46. The van der Waals surface area contributed by atoms with Gasteiger partial charge in [-0.05, 0) is 31.0 Å². The standard InChI is InChI=1S/C17H22ClF3N2O4S/c1-22(14-5-3-4-6-15(14)24)16(25)10-23(28(2,26)27)11-7-8-13(18)12(9-11)17(19,20)21/h7-9,14-15,24H,3-6,10H2,1-2H3. The molecule has 2 atom stereocenters. The molecule has 2 unspecified atom stereocenters. The summed E-state index contributed by atoms with van der Waals surface area (Å²) >= 11 is 5.58. The van der Waals surface area contributed by atoms with Gasteiger partial charge in [0.15, 0.2) is 0 Å². The number of alkyl halides is 3. The van der Waals surface area contributed by atoms with Crippen LogP contribution in [0.25, 0.3) is 0 Å². The molecule has 158 valence electrons. The first-order valence-corrected chi connectivity index (χ1v) is 10.8. The van der Waals surface area contributed by atoms with Gasteiger partial charge in [-0.1, -0.05) is 24.4 Å². The maximum atomic E-state index is 13.1. The lowest BCUT2D eigenvalue weighted by molar-refractivity contribution is -0.137. The van der Waals surface area contributed by atoms with Crippen LogP contribution in [0.3, 0.4) is 0 Å². The molecular weight excluding hydrogens is 421 g/mol. The number of benzene rings is 1. The van der Waals surface area contributed by atoms with Crippen molar-refractivity contribution in [3.63, 3.8) is 0 Å². The summed E-state index contributed by atoms with van der Waals surface area (Å²) in [5.74, 6) is -0.625. The van der Waals surface area contributed by atoms with Crippen molar-refractivity contribution in [2.45, 2.75) is 44.0 Å². The predicted octanol–water partition coefficient (Wildman–Crippen LogP) is 2.89. The monoisotopic (exact) mass is 442 g/mol. The third-order valence-corrected chi connectivity index (χ3v) is 6.28. The Labute approximate surface area is 166 Å². The molecule has 1 aromatic rings. The highest BCUT2D eigenvalue weighted by molar-refractivity contribution is 7.92. The Morgan fingerprint density at radius 3 is 2.43 bits per heavy atom. The maximum absolute atomic E-state index is 13.1. The van der Waals surface area contributed by atoms with Gasteiger partial charge < -0.3 is 10.0 Å². The zero-order chi connectivity index (χ0) is 21.3. The number of aliphatic hydroxyl groups is 1. The summed E-state index contributed by atoms with van der Waals surface area (Å²) in [6, 6.07) is 2.20. The van der Waals surface area contributed by atoms with E-state index < -0.39 is 51.4 Å².